The van der Waals surface area contributed by atoms with E-state index in [4.69, 9.17) is 49.7 Å². The van der Waals surface area contributed by atoms with Crippen molar-refractivity contribution in [3.05, 3.63) is 381 Å². The lowest BCUT2D eigenvalue weighted by molar-refractivity contribution is 0.00578. The van der Waals surface area contributed by atoms with Crippen molar-refractivity contribution in [2.75, 3.05) is 0 Å². The third-order valence-electron chi connectivity index (χ3n) is 23.4. The number of furan rings is 2. The summed E-state index contributed by atoms with van der Waals surface area (Å²) in [6.45, 7) is 8.38. The van der Waals surface area contributed by atoms with Gasteiger partial charge in [0.1, 0.15) is 22.3 Å². The van der Waals surface area contributed by atoms with Crippen LogP contribution < -0.4 is 5.46 Å². The van der Waals surface area contributed by atoms with E-state index in [9.17, 15) is 0 Å². The van der Waals surface area contributed by atoms with E-state index in [-0.39, 0.29) is 5.28 Å². The van der Waals surface area contributed by atoms with E-state index in [0.29, 0.717) is 29.1 Å². The average molecular weight is 1630 g/mol. The molecule has 0 unspecified atom stereocenters. The van der Waals surface area contributed by atoms with Crippen LogP contribution in [0.15, 0.2) is 385 Å². The van der Waals surface area contributed by atoms with Crippen LogP contribution >= 0.6 is 34.3 Å². The van der Waals surface area contributed by atoms with Gasteiger partial charge in [-0.05, 0) is 150 Å². The standard InChI is InChI=1S/C51H31N3OS.C36H31BO3.C21H12ClN3S/c1-5-16-32(17-6-1)36-30-42(34-20-9-3-10-21-34)46-43(31-36)45-40(29-28-37(47(45)55-46)33-18-7-2-8-19-33)50-52-49(35-22-11-4-12-23-35)53-51(54-50)41-26-15-25-39-38-24-13-14-27-44(38)56-48(39)41;1-35(2)36(3,4)40-37(39-35)31-21-20-28(25-16-10-6-11-17-25)34-32(31)30-23-27(24-14-8-5-9-15-24)22-29(33(30)38-34)26-18-12-7-13-19-26;22-21-24-19(13-7-2-1-3-8-13)23-20(25-21)16-11-6-10-15-14-9-4-5-12-17(14)26-18(15)16/h1-31H;5-23H,1-4H3;1-12H. The second-order valence-corrected chi connectivity index (χ2v) is 33.9. The van der Waals surface area contributed by atoms with Crippen LogP contribution in [0.3, 0.4) is 0 Å². The number of thiophene rings is 2. The van der Waals surface area contributed by atoms with Crippen LogP contribution in [0, 0.1) is 0 Å². The maximum atomic E-state index is 7.13. The Balaban J connectivity index is 0.000000121. The maximum Gasteiger partial charge on any atom is 0.495 e. The first-order chi connectivity index (χ1) is 59.9. The number of halogens is 1. The molecule has 0 aliphatic carbocycles. The lowest BCUT2D eigenvalue weighted by atomic mass is 9.75. The predicted octanol–water partition coefficient (Wildman–Crippen LogP) is 29.3. The van der Waals surface area contributed by atoms with Gasteiger partial charge in [-0.15, -0.1) is 22.7 Å². The fourth-order valence-corrected chi connectivity index (χ4v) is 19.2. The van der Waals surface area contributed by atoms with Gasteiger partial charge in [-0.25, -0.2) is 19.9 Å². The molecule has 0 atom stereocenters. The van der Waals surface area contributed by atoms with Gasteiger partial charge in [0, 0.05) is 112 Å². The molecule has 10 nitrogen and oxygen atoms in total. The highest BCUT2D eigenvalue weighted by molar-refractivity contribution is 7.26. The first kappa shape index (κ1) is 75.3. The Bertz CT molecular complexity index is 7690. The number of fused-ring (bicyclic) bond motifs is 12. The zero-order valence-electron chi connectivity index (χ0n) is 66.9. The van der Waals surface area contributed by atoms with E-state index in [1.807, 2.05) is 84.9 Å². The molecular weight excluding hydrogens is 1560 g/mol. The highest BCUT2D eigenvalue weighted by Crippen LogP contribution is 2.50. The Labute approximate surface area is 717 Å². The quantitative estimate of drug-likeness (QED) is 0.109. The summed E-state index contributed by atoms with van der Waals surface area (Å²) >= 11 is 9.74. The van der Waals surface area contributed by atoms with Crippen LogP contribution in [0.2, 0.25) is 5.28 Å². The summed E-state index contributed by atoms with van der Waals surface area (Å²) in [5.74, 6) is 3.02. The molecule has 0 radical (unpaired) electrons. The van der Waals surface area contributed by atoms with Gasteiger partial charge in [0.05, 0.1) is 11.2 Å². The zero-order chi connectivity index (χ0) is 82.0. The smallest absolute Gasteiger partial charge is 0.455 e. The van der Waals surface area contributed by atoms with E-state index in [1.54, 1.807) is 22.7 Å². The number of benzene rings is 16. The van der Waals surface area contributed by atoms with Crippen molar-refractivity contribution in [2.24, 2.45) is 0 Å². The van der Waals surface area contributed by atoms with Gasteiger partial charge in [0.2, 0.25) is 5.28 Å². The molecule has 14 heteroatoms. The second kappa shape index (κ2) is 31.5. The molecule has 1 fully saturated rings. The average Bonchev–Trinajstić information content (AvgIpc) is 1.57. The monoisotopic (exact) mass is 1630 g/mol. The van der Waals surface area contributed by atoms with Crippen LogP contribution in [0.5, 0.6) is 0 Å². The molecule has 22 aromatic rings. The lowest BCUT2D eigenvalue weighted by Crippen LogP contribution is -2.41. The van der Waals surface area contributed by atoms with Crippen molar-refractivity contribution >= 4 is 131 Å². The van der Waals surface area contributed by atoms with E-state index in [1.165, 1.54) is 30.9 Å². The van der Waals surface area contributed by atoms with E-state index >= 15 is 0 Å². The molecule has 582 valence electrons. The van der Waals surface area contributed by atoms with Crippen molar-refractivity contribution in [1.82, 2.24) is 29.9 Å². The minimum absolute atomic E-state index is 0.201. The highest BCUT2D eigenvalue weighted by Gasteiger charge is 2.52. The minimum Gasteiger partial charge on any atom is -0.455 e. The summed E-state index contributed by atoms with van der Waals surface area (Å²) in [4.78, 5) is 29.2. The van der Waals surface area contributed by atoms with Gasteiger partial charge in [0.15, 0.2) is 29.1 Å². The van der Waals surface area contributed by atoms with Crippen molar-refractivity contribution < 1.29 is 18.1 Å². The summed E-state index contributed by atoms with van der Waals surface area (Å²) < 4.78 is 32.0. The fraction of sp³-hybridized carbons (Fsp3) is 0.0556. The summed E-state index contributed by atoms with van der Waals surface area (Å²) in [5.41, 5.74) is 21.1. The number of rotatable bonds is 12. The molecule has 122 heavy (non-hydrogen) atoms. The molecule has 0 N–H and O–H groups in total. The summed E-state index contributed by atoms with van der Waals surface area (Å²) in [6.07, 6.45) is 0. The van der Waals surface area contributed by atoms with Crippen molar-refractivity contribution in [3.63, 3.8) is 0 Å². The number of hydrogen-bond donors (Lipinski definition) is 0. The molecule has 16 aromatic carbocycles. The summed E-state index contributed by atoms with van der Waals surface area (Å²) in [7, 11) is -0.515. The SMILES string of the molecule is CC1(C)OB(c2ccc(-c3ccccc3)c3oc4c(-c5ccccc5)cc(-c5ccccc5)cc4c23)OC1(C)C.Clc1nc(-c2ccccc2)nc(-c2cccc3c2sc2ccccc23)n1.c1ccc(-c2cc(-c3ccccc3)c3oc4c(-c5ccccc5)ccc(-c5nc(-c6ccccc6)nc(-c6cccc7c6sc6ccccc67)n5)c4c3c2)cc1. The highest BCUT2D eigenvalue weighted by atomic mass is 35.5. The first-order valence-corrected chi connectivity index (χ1v) is 42.7. The molecule has 1 aliphatic heterocycles. The van der Waals surface area contributed by atoms with Crippen LogP contribution in [0.25, 0.3) is 208 Å². The Morgan fingerprint density at radius 3 is 1.01 bits per heavy atom. The first-order valence-electron chi connectivity index (χ1n) is 40.7. The lowest BCUT2D eigenvalue weighted by Gasteiger charge is -2.32. The summed E-state index contributed by atoms with van der Waals surface area (Å²) in [5, 5.41) is 9.14. The van der Waals surface area contributed by atoms with Gasteiger partial charge < -0.3 is 18.1 Å². The van der Waals surface area contributed by atoms with E-state index in [2.05, 4.69) is 329 Å². The van der Waals surface area contributed by atoms with Gasteiger partial charge in [-0.2, -0.15) is 9.97 Å². The Kier molecular flexibility index (Phi) is 19.5. The Morgan fingerprint density at radius 2 is 0.566 bits per heavy atom. The molecule has 23 rings (SSSR count). The molecule has 0 saturated carbocycles. The molecule has 0 spiro atoms. The van der Waals surface area contributed by atoms with Gasteiger partial charge in [0.25, 0.3) is 0 Å². The third kappa shape index (κ3) is 13.9. The van der Waals surface area contributed by atoms with Crippen LogP contribution in [-0.4, -0.2) is 48.2 Å². The van der Waals surface area contributed by atoms with Crippen LogP contribution in [-0.2, 0) is 9.31 Å². The number of nitrogens with zero attached hydrogens (tertiary/aromatic N) is 6. The van der Waals surface area contributed by atoms with Crippen LogP contribution in [0.4, 0.5) is 0 Å². The van der Waals surface area contributed by atoms with Crippen molar-refractivity contribution in [2.45, 2.75) is 38.9 Å². The van der Waals surface area contributed by atoms with Gasteiger partial charge >= 0.3 is 7.12 Å². The van der Waals surface area contributed by atoms with Crippen molar-refractivity contribution in [3.8, 4) is 124 Å². The molecule has 1 aliphatic rings. The maximum absolute atomic E-state index is 7.13. The van der Waals surface area contributed by atoms with E-state index < -0.39 is 18.3 Å². The zero-order valence-corrected chi connectivity index (χ0v) is 69.3. The van der Waals surface area contributed by atoms with Gasteiger partial charge in [-0.1, -0.05) is 315 Å². The largest absolute Gasteiger partial charge is 0.495 e. The van der Waals surface area contributed by atoms with Crippen molar-refractivity contribution in [1.29, 1.82) is 0 Å². The normalized spacial score (nSPS) is 13.0. The van der Waals surface area contributed by atoms with Gasteiger partial charge in [-0.3, -0.25) is 0 Å². The number of hydrogen-bond acceptors (Lipinski definition) is 12. The third-order valence-corrected chi connectivity index (χ3v) is 26.0. The molecule has 1 saturated heterocycles. The van der Waals surface area contributed by atoms with Crippen LogP contribution in [0.1, 0.15) is 27.7 Å². The predicted molar refractivity (Wildman–Crippen MR) is 507 cm³/mol. The molecule has 6 aromatic heterocycles. The molecular formula is C108H74BClN6O4S2. The Morgan fingerprint density at radius 1 is 0.246 bits per heavy atom. The van der Waals surface area contributed by atoms with E-state index in [0.717, 1.165) is 153 Å². The second-order valence-electron chi connectivity index (χ2n) is 31.4. The summed E-state index contributed by atoms with van der Waals surface area (Å²) in [6, 6.07) is 130. The topological polar surface area (TPSA) is 122 Å². The molecule has 0 bridgehead atoms. The minimum atomic E-state index is -0.515. The molecule has 0 amide bonds. The fourth-order valence-electron chi connectivity index (χ4n) is 16.7. The number of aromatic nitrogens is 6. The molecule has 7 heterocycles. The Hall–Kier alpha value is -14.1.